The third-order valence-corrected chi connectivity index (χ3v) is 4.89. The van der Waals surface area contributed by atoms with Gasteiger partial charge in [-0.25, -0.2) is 0 Å². The quantitative estimate of drug-likeness (QED) is 0.919. The molecule has 3 nitrogen and oxygen atoms in total. The summed E-state index contributed by atoms with van der Waals surface area (Å²) in [5.41, 5.74) is 0. The molecule has 2 heterocycles. The van der Waals surface area contributed by atoms with Crippen molar-refractivity contribution in [3.63, 3.8) is 0 Å². The summed E-state index contributed by atoms with van der Waals surface area (Å²) >= 11 is 1.80. The Hall–Kier alpha value is -0.870. The number of likely N-dealkylation sites (tertiary alicyclic amines) is 1. The average Bonchev–Trinajstić information content (AvgIpc) is 2.68. The summed E-state index contributed by atoms with van der Waals surface area (Å²) in [7, 11) is 0. The fourth-order valence-electron chi connectivity index (χ4n) is 2.46. The molecule has 106 valence electrons. The van der Waals surface area contributed by atoms with Crippen LogP contribution in [-0.2, 0) is 4.79 Å². The van der Waals surface area contributed by atoms with E-state index in [2.05, 4.69) is 31.3 Å². The Bertz CT molecular complexity index is 408. The van der Waals surface area contributed by atoms with E-state index in [1.807, 2.05) is 4.90 Å². The molecule has 0 saturated carbocycles. The Kier molecular flexibility index (Phi) is 5.40. The minimum Gasteiger partial charge on any atom is -0.342 e. The number of hydrogen-bond acceptors (Lipinski definition) is 3. The van der Waals surface area contributed by atoms with E-state index in [1.165, 1.54) is 22.6 Å². The van der Waals surface area contributed by atoms with E-state index in [-0.39, 0.29) is 11.9 Å². The Morgan fingerprint density at radius 1 is 1.32 bits per heavy atom. The Morgan fingerprint density at radius 3 is 2.58 bits per heavy atom. The van der Waals surface area contributed by atoms with Gasteiger partial charge in [-0.3, -0.25) is 4.79 Å². The van der Waals surface area contributed by atoms with E-state index in [1.54, 1.807) is 11.3 Å². The molecule has 1 aromatic heterocycles. The van der Waals surface area contributed by atoms with Crippen molar-refractivity contribution in [2.75, 3.05) is 19.6 Å². The summed E-state index contributed by atoms with van der Waals surface area (Å²) in [6.07, 6.45) is 4.85. The lowest BCUT2D eigenvalue weighted by atomic mass is 10.2. The molecule has 1 aromatic rings. The number of thiophene rings is 1. The molecule has 0 spiro atoms. The van der Waals surface area contributed by atoms with Crippen molar-refractivity contribution < 1.29 is 4.79 Å². The molecule has 1 amide bonds. The predicted molar refractivity (Wildman–Crippen MR) is 80.5 cm³/mol. The summed E-state index contributed by atoms with van der Waals surface area (Å²) in [4.78, 5) is 16.8. The van der Waals surface area contributed by atoms with Gasteiger partial charge in [0.05, 0.1) is 6.54 Å². The van der Waals surface area contributed by atoms with Crippen LogP contribution in [0.3, 0.4) is 0 Å². The fourth-order valence-corrected chi connectivity index (χ4v) is 3.36. The van der Waals surface area contributed by atoms with E-state index < -0.39 is 0 Å². The maximum absolute atomic E-state index is 12.2. The molecule has 0 bridgehead atoms. The van der Waals surface area contributed by atoms with Crippen LogP contribution in [0, 0.1) is 6.92 Å². The Balaban J connectivity index is 1.79. The normalized spacial score (nSPS) is 18.1. The van der Waals surface area contributed by atoms with Crippen LogP contribution in [0.1, 0.15) is 48.4 Å². The first-order chi connectivity index (χ1) is 9.16. The molecule has 0 aliphatic carbocycles. The minimum absolute atomic E-state index is 0.252. The van der Waals surface area contributed by atoms with Crippen molar-refractivity contribution in [1.29, 1.82) is 0 Å². The van der Waals surface area contributed by atoms with Crippen LogP contribution in [-0.4, -0.2) is 30.4 Å². The monoisotopic (exact) mass is 280 g/mol. The minimum atomic E-state index is 0.252. The third kappa shape index (κ3) is 4.32. The SMILES string of the molecule is Cc1ccc(C(C)NCC(=O)N2CCCCCC2)s1. The summed E-state index contributed by atoms with van der Waals surface area (Å²) < 4.78 is 0. The number of aryl methyl sites for hydroxylation is 1. The molecular weight excluding hydrogens is 256 g/mol. The summed E-state index contributed by atoms with van der Waals surface area (Å²) in [5.74, 6) is 0.252. The highest BCUT2D eigenvalue weighted by atomic mass is 32.1. The van der Waals surface area contributed by atoms with Crippen LogP contribution in [0.4, 0.5) is 0 Å². The number of nitrogens with zero attached hydrogens (tertiary/aromatic N) is 1. The smallest absolute Gasteiger partial charge is 0.236 e. The van der Waals surface area contributed by atoms with Crippen LogP contribution in [0.25, 0.3) is 0 Å². The van der Waals surface area contributed by atoms with Crippen molar-refractivity contribution in [3.05, 3.63) is 21.9 Å². The molecule has 19 heavy (non-hydrogen) atoms. The number of carbonyl (C=O) groups is 1. The van der Waals surface area contributed by atoms with E-state index in [9.17, 15) is 4.79 Å². The maximum atomic E-state index is 12.2. The van der Waals surface area contributed by atoms with Crippen LogP contribution in [0.15, 0.2) is 12.1 Å². The van der Waals surface area contributed by atoms with Gasteiger partial charge in [0.25, 0.3) is 0 Å². The lowest BCUT2D eigenvalue weighted by Gasteiger charge is -2.21. The highest BCUT2D eigenvalue weighted by Crippen LogP contribution is 2.22. The zero-order chi connectivity index (χ0) is 13.7. The number of amides is 1. The molecule has 2 rings (SSSR count). The lowest BCUT2D eigenvalue weighted by Crippen LogP contribution is -2.39. The first-order valence-electron chi connectivity index (χ1n) is 7.24. The van der Waals surface area contributed by atoms with Gasteiger partial charge in [-0.05, 0) is 38.8 Å². The van der Waals surface area contributed by atoms with Gasteiger partial charge in [0.2, 0.25) is 5.91 Å². The molecule has 1 N–H and O–H groups in total. The van der Waals surface area contributed by atoms with Gasteiger partial charge in [0.15, 0.2) is 0 Å². The van der Waals surface area contributed by atoms with Crippen molar-refractivity contribution >= 4 is 17.2 Å². The first-order valence-corrected chi connectivity index (χ1v) is 8.06. The molecule has 0 radical (unpaired) electrons. The average molecular weight is 280 g/mol. The zero-order valence-corrected chi connectivity index (χ0v) is 12.8. The summed E-state index contributed by atoms with van der Waals surface area (Å²) in [6, 6.07) is 4.54. The second kappa shape index (κ2) is 7.06. The second-order valence-electron chi connectivity index (χ2n) is 5.35. The largest absolute Gasteiger partial charge is 0.342 e. The molecule has 1 aliphatic rings. The van der Waals surface area contributed by atoms with Gasteiger partial charge in [0.1, 0.15) is 0 Å². The second-order valence-corrected chi connectivity index (χ2v) is 6.67. The van der Waals surface area contributed by atoms with Crippen molar-refractivity contribution in [1.82, 2.24) is 10.2 Å². The summed E-state index contributed by atoms with van der Waals surface area (Å²) in [5, 5.41) is 3.35. The molecule has 4 heteroatoms. The van der Waals surface area contributed by atoms with Crippen molar-refractivity contribution in [2.24, 2.45) is 0 Å². The van der Waals surface area contributed by atoms with E-state index in [0.29, 0.717) is 6.54 Å². The molecule has 0 aromatic carbocycles. The van der Waals surface area contributed by atoms with Crippen LogP contribution < -0.4 is 5.32 Å². The molecule has 1 aliphatic heterocycles. The molecular formula is C15H24N2OS. The van der Waals surface area contributed by atoms with E-state index in [4.69, 9.17) is 0 Å². The molecule has 1 fully saturated rings. The van der Waals surface area contributed by atoms with Gasteiger partial charge in [0, 0.05) is 28.9 Å². The molecule has 1 unspecified atom stereocenters. The first kappa shape index (κ1) is 14.5. The number of hydrogen-bond donors (Lipinski definition) is 1. The van der Waals surface area contributed by atoms with Crippen molar-refractivity contribution in [3.8, 4) is 0 Å². The van der Waals surface area contributed by atoms with Gasteiger partial charge >= 0.3 is 0 Å². The van der Waals surface area contributed by atoms with Crippen LogP contribution in [0.2, 0.25) is 0 Å². The van der Waals surface area contributed by atoms with E-state index >= 15 is 0 Å². The molecule has 1 atom stereocenters. The third-order valence-electron chi connectivity index (χ3n) is 3.71. The number of nitrogens with one attached hydrogen (secondary N) is 1. The maximum Gasteiger partial charge on any atom is 0.236 e. The number of carbonyl (C=O) groups excluding carboxylic acids is 1. The highest BCUT2D eigenvalue weighted by Gasteiger charge is 2.16. The standard InChI is InChI=1S/C15H24N2OS/c1-12-7-8-14(19-12)13(2)16-11-15(18)17-9-5-3-4-6-10-17/h7-8,13,16H,3-6,9-11H2,1-2H3. The molecule has 1 saturated heterocycles. The Morgan fingerprint density at radius 2 is 2.00 bits per heavy atom. The summed E-state index contributed by atoms with van der Waals surface area (Å²) in [6.45, 7) is 6.57. The number of rotatable bonds is 4. The van der Waals surface area contributed by atoms with Gasteiger partial charge in [-0.1, -0.05) is 12.8 Å². The van der Waals surface area contributed by atoms with Crippen molar-refractivity contribution in [2.45, 2.75) is 45.6 Å². The van der Waals surface area contributed by atoms with E-state index in [0.717, 1.165) is 25.9 Å². The van der Waals surface area contributed by atoms with Crippen LogP contribution >= 0.6 is 11.3 Å². The fraction of sp³-hybridized carbons (Fsp3) is 0.667. The lowest BCUT2D eigenvalue weighted by molar-refractivity contribution is -0.130. The van der Waals surface area contributed by atoms with Gasteiger partial charge in [-0.15, -0.1) is 11.3 Å². The van der Waals surface area contributed by atoms with Crippen LogP contribution in [0.5, 0.6) is 0 Å². The topological polar surface area (TPSA) is 32.3 Å². The Labute approximate surface area is 120 Å². The zero-order valence-electron chi connectivity index (χ0n) is 11.9. The van der Waals surface area contributed by atoms with Gasteiger partial charge < -0.3 is 10.2 Å². The van der Waals surface area contributed by atoms with Gasteiger partial charge in [-0.2, -0.15) is 0 Å². The predicted octanol–water partition coefficient (Wildman–Crippen LogP) is 3.11. The highest BCUT2D eigenvalue weighted by molar-refractivity contribution is 7.12.